The molecule has 1 rings (SSSR count). The van der Waals surface area contributed by atoms with E-state index in [1.807, 2.05) is 0 Å². The van der Waals surface area contributed by atoms with Gasteiger partial charge in [-0.05, 0) is 23.0 Å². The molecule has 136 valence electrons. The normalized spacial score (nSPS) is 13.0. The zero-order chi connectivity index (χ0) is 18.2. The van der Waals surface area contributed by atoms with Gasteiger partial charge in [0.15, 0.2) is 15.8 Å². The van der Waals surface area contributed by atoms with E-state index in [4.69, 9.17) is 0 Å². The molecular formula is C18H31N3O2S. The summed E-state index contributed by atoms with van der Waals surface area (Å²) in [4.78, 5) is 4.11. The third-order valence-electron chi connectivity index (χ3n) is 3.90. The minimum atomic E-state index is -2.95. The lowest BCUT2D eigenvalue weighted by Gasteiger charge is -2.19. The van der Waals surface area contributed by atoms with E-state index in [1.54, 1.807) is 14.0 Å². The fourth-order valence-electron chi connectivity index (χ4n) is 2.19. The molecule has 0 aromatic heterocycles. The summed E-state index contributed by atoms with van der Waals surface area (Å²) >= 11 is 0. The minimum absolute atomic E-state index is 0.123. The Morgan fingerprint density at radius 2 is 1.67 bits per heavy atom. The molecule has 0 atom stereocenters. The van der Waals surface area contributed by atoms with Crippen LogP contribution in [-0.4, -0.2) is 46.0 Å². The molecule has 0 aliphatic heterocycles. The Bertz CT molecular complexity index is 629. The van der Waals surface area contributed by atoms with Gasteiger partial charge in [-0.2, -0.15) is 0 Å². The summed E-state index contributed by atoms with van der Waals surface area (Å²) in [7, 11) is -1.27. The van der Waals surface area contributed by atoms with E-state index in [0.29, 0.717) is 12.5 Å². The molecule has 6 heteroatoms. The fraction of sp³-hybridized carbons (Fsp3) is 0.611. The van der Waals surface area contributed by atoms with Crippen LogP contribution in [0.25, 0.3) is 0 Å². The molecule has 0 spiro atoms. The Hall–Kier alpha value is -1.56. The van der Waals surface area contributed by atoms with E-state index >= 15 is 0 Å². The predicted octanol–water partition coefficient (Wildman–Crippen LogP) is 2.13. The molecule has 0 radical (unpaired) electrons. The number of rotatable bonds is 7. The second-order valence-corrected chi connectivity index (χ2v) is 9.33. The lowest BCUT2D eigenvalue weighted by Crippen LogP contribution is -2.40. The summed E-state index contributed by atoms with van der Waals surface area (Å²) in [5.41, 5.74) is 2.76. The van der Waals surface area contributed by atoms with Crippen molar-refractivity contribution in [3.8, 4) is 0 Å². The Morgan fingerprint density at radius 1 is 1.08 bits per heavy atom. The van der Waals surface area contributed by atoms with E-state index in [9.17, 15) is 8.42 Å². The SMILES string of the molecule is CCS(=O)(=O)CCNC(=NC)NCCc1ccc(C(C)(C)C)cc1. The molecule has 0 saturated heterocycles. The summed E-state index contributed by atoms with van der Waals surface area (Å²) in [5.74, 6) is 0.927. The Morgan fingerprint density at radius 3 is 2.17 bits per heavy atom. The third-order valence-corrected chi connectivity index (χ3v) is 5.60. The van der Waals surface area contributed by atoms with Crippen LogP contribution in [0.2, 0.25) is 0 Å². The van der Waals surface area contributed by atoms with Gasteiger partial charge in [0.25, 0.3) is 0 Å². The second kappa shape index (κ2) is 9.06. The van der Waals surface area contributed by atoms with Gasteiger partial charge in [-0.25, -0.2) is 8.42 Å². The smallest absolute Gasteiger partial charge is 0.191 e. The van der Waals surface area contributed by atoms with Crippen LogP contribution in [0.5, 0.6) is 0 Å². The Balaban J connectivity index is 2.39. The first-order chi connectivity index (χ1) is 11.2. The number of sulfone groups is 1. The second-order valence-electron chi connectivity index (χ2n) is 6.86. The summed E-state index contributed by atoms with van der Waals surface area (Å²) < 4.78 is 22.9. The van der Waals surface area contributed by atoms with Crippen LogP contribution >= 0.6 is 0 Å². The highest BCUT2D eigenvalue weighted by molar-refractivity contribution is 7.91. The predicted molar refractivity (Wildman–Crippen MR) is 103 cm³/mol. The molecule has 24 heavy (non-hydrogen) atoms. The number of benzene rings is 1. The number of hydrogen-bond acceptors (Lipinski definition) is 3. The molecule has 2 N–H and O–H groups in total. The summed E-state index contributed by atoms with van der Waals surface area (Å²) in [6.07, 6.45) is 0.887. The standard InChI is InChI=1S/C18H31N3O2S/c1-6-24(22,23)14-13-21-17(19-5)20-12-11-15-7-9-16(10-8-15)18(2,3)4/h7-10H,6,11-14H2,1-5H3,(H2,19,20,21). The third kappa shape index (κ3) is 7.34. The lowest BCUT2D eigenvalue weighted by atomic mass is 9.86. The zero-order valence-electron chi connectivity index (χ0n) is 15.5. The van der Waals surface area contributed by atoms with Gasteiger partial charge in [-0.1, -0.05) is 52.0 Å². The molecule has 1 aromatic rings. The van der Waals surface area contributed by atoms with E-state index < -0.39 is 9.84 Å². The molecular weight excluding hydrogens is 322 g/mol. The highest BCUT2D eigenvalue weighted by Crippen LogP contribution is 2.22. The summed E-state index contributed by atoms with van der Waals surface area (Å²) in [6.45, 7) is 9.40. The number of hydrogen-bond donors (Lipinski definition) is 2. The first kappa shape index (κ1) is 20.5. The van der Waals surface area contributed by atoms with E-state index in [1.165, 1.54) is 11.1 Å². The monoisotopic (exact) mass is 353 g/mol. The van der Waals surface area contributed by atoms with E-state index in [0.717, 1.165) is 13.0 Å². The van der Waals surface area contributed by atoms with Gasteiger partial charge in [0.1, 0.15) is 0 Å². The first-order valence-electron chi connectivity index (χ1n) is 8.42. The molecule has 0 heterocycles. The molecule has 0 amide bonds. The molecule has 0 aliphatic rings. The van der Waals surface area contributed by atoms with Crippen LogP contribution in [0.1, 0.15) is 38.8 Å². The van der Waals surface area contributed by atoms with Gasteiger partial charge in [-0.15, -0.1) is 0 Å². The van der Waals surface area contributed by atoms with Crippen LogP contribution in [0.3, 0.4) is 0 Å². The van der Waals surface area contributed by atoms with E-state index in [2.05, 4.69) is 60.7 Å². The highest BCUT2D eigenvalue weighted by Gasteiger charge is 2.12. The van der Waals surface area contributed by atoms with Crippen LogP contribution in [0.15, 0.2) is 29.3 Å². The van der Waals surface area contributed by atoms with Gasteiger partial charge in [0.2, 0.25) is 0 Å². The highest BCUT2D eigenvalue weighted by atomic mass is 32.2. The lowest BCUT2D eigenvalue weighted by molar-refractivity contribution is 0.590. The van der Waals surface area contributed by atoms with Crippen molar-refractivity contribution in [3.05, 3.63) is 35.4 Å². The van der Waals surface area contributed by atoms with Crippen molar-refractivity contribution in [1.29, 1.82) is 0 Å². The Labute approximate surface area is 146 Å². The molecule has 0 fully saturated rings. The minimum Gasteiger partial charge on any atom is -0.356 e. The van der Waals surface area contributed by atoms with Gasteiger partial charge in [-0.3, -0.25) is 4.99 Å². The average molecular weight is 354 g/mol. The molecule has 0 aliphatic carbocycles. The zero-order valence-corrected chi connectivity index (χ0v) is 16.3. The molecule has 0 saturated carbocycles. The topological polar surface area (TPSA) is 70.6 Å². The van der Waals surface area contributed by atoms with Gasteiger partial charge < -0.3 is 10.6 Å². The fourth-order valence-corrected chi connectivity index (χ4v) is 2.89. The maximum Gasteiger partial charge on any atom is 0.191 e. The van der Waals surface area contributed by atoms with Crippen molar-refractivity contribution < 1.29 is 8.42 Å². The van der Waals surface area contributed by atoms with Crippen LogP contribution in [0, 0.1) is 0 Å². The van der Waals surface area contributed by atoms with Crippen molar-refractivity contribution in [1.82, 2.24) is 10.6 Å². The van der Waals surface area contributed by atoms with Gasteiger partial charge in [0.05, 0.1) is 5.75 Å². The quantitative estimate of drug-likeness (QED) is 0.582. The number of aliphatic imine (C=N–C) groups is 1. The molecule has 5 nitrogen and oxygen atoms in total. The van der Waals surface area contributed by atoms with Crippen molar-refractivity contribution in [2.75, 3.05) is 31.6 Å². The summed E-state index contributed by atoms with van der Waals surface area (Å²) in [5, 5.41) is 6.25. The number of guanidine groups is 1. The average Bonchev–Trinajstić information content (AvgIpc) is 2.53. The molecule has 0 unspecified atom stereocenters. The van der Waals surface area contributed by atoms with E-state index in [-0.39, 0.29) is 16.9 Å². The van der Waals surface area contributed by atoms with Crippen molar-refractivity contribution in [2.24, 2.45) is 4.99 Å². The number of nitrogens with zero attached hydrogens (tertiary/aromatic N) is 1. The van der Waals surface area contributed by atoms with Gasteiger partial charge in [0, 0.05) is 25.9 Å². The van der Waals surface area contributed by atoms with Gasteiger partial charge >= 0.3 is 0 Å². The Kier molecular flexibility index (Phi) is 7.73. The maximum absolute atomic E-state index is 11.5. The van der Waals surface area contributed by atoms with Crippen LogP contribution in [-0.2, 0) is 21.7 Å². The van der Waals surface area contributed by atoms with Crippen molar-refractivity contribution in [2.45, 2.75) is 39.5 Å². The van der Waals surface area contributed by atoms with Crippen LogP contribution in [0.4, 0.5) is 0 Å². The van der Waals surface area contributed by atoms with Crippen molar-refractivity contribution in [3.63, 3.8) is 0 Å². The maximum atomic E-state index is 11.5. The number of nitrogens with one attached hydrogen (secondary N) is 2. The first-order valence-corrected chi connectivity index (χ1v) is 10.2. The van der Waals surface area contributed by atoms with Crippen molar-refractivity contribution >= 4 is 15.8 Å². The van der Waals surface area contributed by atoms with Crippen LogP contribution < -0.4 is 10.6 Å². The summed E-state index contributed by atoms with van der Waals surface area (Å²) in [6, 6.07) is 8.68. The largest absolute Gasteiger partial charge is 0.356 e. The molecule has 1 aromatic carbocycles. The molecule has 0 bridgehead atoms.